The Bertz CT molecular complexity index is 834. The number of hydrogen-bond donors (Lipinski definition) is 2. The molecule has 5 fully saturated rings. The quantitative estimate of drug-likeness (QED) is 0.478. The maximum absolute atomic E-state index is 12.7. The lowest BCUT2D eigenvalue weighted by Crippen LogP contribution is -2.72. The van der Waals surface area contributed by atoms with Crippen LogP contribution in [-0.4, -0.2) is 28.7 Å². The fourth-order valence-electron chi connectivity index (χ4n) is 11.4. The molecule has 33 heavy (non-hydrogen) atoms. The number of ketones is 1. The number of aliphatic hydroxyl groups excluding tert-OH is 2. The fraction of sp³-hybridized carbons (Fsp3) is 0.967. The van der Waals surface area contributed by atoms with Gasteiger partial charge in [0, 0.05) is 24.4 Å². The van der Waals surface area contributed by atoms with Crippen molar-refractivity contribution in [2.75, 3.05) is 6.61 Å². The molecule has 0 aromatic carbocycles. The largest absolute Gasteiger partial charge is 0.396 e. The summed E-state index contributed by atoms with van der Waals surface area (Å²) in [5.41, 5.74) is 0.310. The van der Waals surface area contributed by atoms with E-state index in [4.69, 9.17) is 0 Å². The molecule has 0 aliphatic heterocycles. The van der Waals surface area contributed by atoms with E-state index in [2.05, 4.69) is 48.5 Å². The molecule has 10 atom stereocenters. The summed E-state index contributed by atoms with van der Waals surface area (Å²) in [7, 11) is 0. The molecule has 0 aromatic heterocycles. The number of carbonyl (C=O) groups is 1. The van der Waals surface area contributed by atoms with Crippen LogP contribution in [0.2, 0.25) is 0 Å². The molecule has 2 N–H and O–H groups in total. The average Bonchev–Trinajstić information content (AvgIpc) is 2.74. The molecule has 0 bridgehead atoms. The molecule has 3 nitrogen and oxygen atoms in total. The van der Waals surface area contributed by atoms with Crippen molar-refractivity contribution in [3.63, 3.8) is 0 Å². The average molecular weight is 459 g/mol. The Hall–Kier alpha value is -0.410. The number of rotatable bonds is 1. The van der Waals surface area contributed by atoms with Crippen molar-refractivity contribution >= 4 is 5.78 Å². The molecule has 188 valence electrons. The molecule has 0 amide bonds. The van der Waals surface area contributed by atoms with Gasteiger partial charge in [0.15, 0.2) is 0 Å². The first-order chi connectivity index (χ1) is 15.2. The highest BCUT2D eigenvalue weighted by molar-refractivity contribution is 5.82. The molecule has 0 heterocycles. The third-order valence-corrected chi connectivity index (χ3v) is 13.8. The molecular formula is C30H50O3. The normalized spacial score (nSPS) is 58.0. The van der Waals surface area contributed by atoms with Crippen LogP contribution in [0.3, 0.4) is 0 Å². The Morgan fingerprint density at radius 3 is 2.15 bits per heavy atom. The lowest BCUT2D eigenvalue weighted by atomic mass is 9.29. The standard InChI is InChI=1S/C30H50O3/c1-19-20(32)8-9-21-26(19,4)11-10-22-27(21,5)17-24(33)29(7)23-16-25(2,3)12-14-30(23,18-31)15-13-28(22,29)6/h19,21-24,31,33H,8-18H2,1-7H3. The molecule has 5 aliphatic rings. The van der Waals surface area contributed by atoms with E-state index in [0.29, 0.717) is 23.5 Å². The molecule has 0 aromatic rings. The second-order valence-electron chi connectivity index (χ2n) is 15.2. The Morgan fingerprint density at radius 2 is 1.48 bits per heavy atom. The highest BCUT2D eigenvalue weighted by Gasteiger charge is 2.73. The Balaban J connectivity index is 1.60. The Morgan fingerprint density at radius 1 is 0.818 bits per heavy atom. The molecular weight excluding hydrogens is 408 g/mol. The van der Waals surface area contributed by atoms with Gasteiger partial charge in [0.2, 0.25) is 0 Å². The lowest BCUT2D eigenvalue weighted by Gasteiger charge is -2.76. The van der Waals surface area contributed by atoms with E-state index in [0.717, 1.165) is 51.4 Å². The first-order valence-corrected chi connectivity index (χ1v) is 14.0. The van der Waals surface area contributed by atoms with Gasteiger partial charge in [0.05, 0.1) is 6.10 Å². The van der Waals surface area contributed by atoms with Gasteiger partial charge in [-0.25, -0.2) is 0 Å². The van der Waals surface area contributed by atoms with Crippen molar-refractivity contribution < 1.29 is 15.0 Å². The van der Waals surface area contributed by atoms with E-state index in [1.807, 2.05) is 0 Å². The molecule has 5 aliphatic carbocycles. The fourth-order valence-corrected chi connectivity index (χ4v) is 11.4. The third-order valence-electron chi connectivity index (χ3n) is 13.8. The first-order valence-electron chi connectivity index (χ1n) is 14.0. The van der Waals surface area contributed by atoms with Gasteiger partial charge >= 0.3 is 0 Å². The van der Waals surface area contributed by atoms with Gasteiger partial charge in [-0.2, -0.15) is 0 Å². The lowest BCUT2D eigenvalue weighted by molar-refractivity contribution is -0.298. The summed E-state index contributed by atoms with van der Waals surface area (Å²) in [6, 6.07) is 0. The summed E-state index contributed by atoms with van der Waals surface area (Å²) >= 11 is 0. The number of aliphatic hydroxyl groups is 2. The van der Waals surface area contributed by atoms with Crippen LogP contribution in [0, 0.1) is 56.2 Å². The first kappa shape index (κ1) is 24.3. The smallest absolute Gasteiger partial charge is 0.136 e. The van der Waals surface area contributed by atoms with Crippen LogP contribution in [0.25, 0.3) is 0 Å². The van der Waals surface area contributed by atoms with Crippen LogP contribution in [0.4, 0.5) is 0 Å². The number of hydrogen-bond acceptors (Lipinski definition) is 3. The molecule has 0 spiro atoms. The van der Waals surface area contributed by atoms with Crippen molar-refractivity contribution in [3.05, 3.63) is 0 Å². The van der Waals surface area contributed by atoms with Crippen molar-refractivity contribution in [1.29, 1.82) is 0 Å². The van der Waals surface area contributed by atoms with Gasteiger partial charge < -0.3 is 10.2 Å². The Labute approximate surface area is 202 Å². The monoisotopic (exact) mass is 458 g/mol. The van der Waals surface area contributed by atoms with Gasteiger partial charge in [-0.3, -0.25) is 4.79 Å². The van der Waals surface area contributed by atoms with Crippen LogP contribution in [0.5, 0.6) is 0 Å². The van der Waals surface area contributed by atoms with Crippen LogP contribution in [-0.2, 0) is 4.79 Å². The van der Waals surface area contributed by atoms with E-state index >= 15 is 0 Å². The highest BCUT2D eigenvalue weighted by Crippen LogP contribution is 2.78. The topological polar surface area (TPSA) is 57.5 Å². The van der Waals surface area contributed by atoms with Gasteiger partial charge in [-0.05, 0) is 103 Å². The van der Waals surface area contributed by atoms with E-state index in [-0.39, 0.29) is 51.1 Å². The zero-order valence-corrected chi connectivity index (χ0v) is 22.5. The van der Waals surface area contributed by atoms with Gasteiger partial charge in [-0.1, -0.05) is 48.5 Å². The van der Waals surface area contributed by atoms with Crippen LogP contribution >= 0.6 is 0 Å². The predicted octanol–water partition coefficient (Wildman–Crippen LogP) is 6.40. The summed E-state index contributed by atoms with van der Waals surface area (Å²) in [4.78, 5) is 12.7. The van der Waals surface area contributed by atoms with Crippen LogP contribution in [0.1, 0.15) is 113 Å². The zero-order chi connectivity index (χ0) is 24.2. The molecule has 10 unspecified atom stereocenters. The Kier molecular flexibility index (Phi) is 5.22. The SMILES string of the molecule is CC1C(=O)CCC2C1(C)CCC1C2(C)CC(O)C2(C)C3CC(C)(C)CCC3(CO)CCC12C. The van der Waals surface area contributed by atoms with E-state index < -0.39 is 0 Å². The molecule has 5 saturated carbocycles. The summed E-state index contributed by atoms with van der Waals surface area (Å²) in [5.74, 6) is 2.06. The minimum absolute atomic E-state index is 0.0204. The van der Waals surface area contributed by atoms with E-state index in [1.165, 1.54) is 12.8 Å². The predicted molar refractivity (Wildman–Crippen MR) is 133 cm³/mol. The maximum Gasteiger partial charge on any atom is 0.136 e. The summed E-state index contributed by atoms with van der Waals surface area (Å²) in [5, 5.41) is 22.9. The maximum atomic E-state index is 12.7. The van der Waals surface area contributed by atoms with Crippen LogP contribution < -0.4 is 0 Å². The molecule has 0 radical (unpaired) electrons. The van der Waals surface area contributed by atoms with E-state index in [1.54, 1.807) is 0 Å². The summed E-state index contributed by atoms with van der Waals surface area (Å²) in [6.45, 7) is 17.1. The van der Waals surface area contributed by atoms with Crippen LogP contribution in [0.15, 0.2) is 0 Å². The molecule has 5 rings (SSSR count). The number of carbonyl (C=O) groups excluding carboxylic acids is 1. The second kappa shape index (κ2) is 7.09. The molecule has 0 saturated heterocycles. The van der Waals surface area contributed by atoms with Crippen molar-refractivity contribution in [2.45, 2.75) is 119 Å². The third kappa shape index (κ3) is 2.85. The second-order valence-corrected chi connectivity index (χ2v) is 15.2. The van der Waals surface area contributed by atoms with Crippen molar-refractivity contribution in [1.82, 2.24) is 0 Å². The molecule has 3 heteroatoms. The summed E-state index contributed by atoms with van der Waals surface area (Å²) in [6.07, 6.45) is 10.2. The van der Waals surface area contributed by atoms with Gasteiger partial charge in [0.25, 0.3) is 0 Å². The summed E-state index contributed by atoms with van der Waals surface area (Å²) < 4.78 is 0. The van der Waals surface area contributed by atoms with Gasteiger partial charge in [0.1, 0.15) is 5.78 Å². The zero-order valence-electron chi connectivity index (χ0n) is 22.5. The van der Waals surface area contributed by atoms with E-state index in [9.17, 15) is 15.0 Å². The minimum Gasteiger partial charge on any atom is -0.396 e. The van der Waals surface area contributed by atoms with Crippen molar-refractivity contribution in [3.8, 4) is 0 Å². The minimum atomic E-state index is -0.343. The highest BCUT2D eigenvalue weighted by atomic mass is 16.3. The number of Topliss-reactive ketones (excluding diaryl/α,β-unsaturated/α-hetero) is 1. The van der Waals surface area contributed by atoms with Crippen molar-refractivity contribution in [2.24, 2.45) is 56.2 Å². The van der Waals surface area contributed by atoms with Gasteiger partial charge in [-0.15, -0.1) is 0 Å². The number of fused-ring (bicyclic) bond motifs is 7.